The number of aromatic nitrogens is 1. The molecule has 7 nitrogen and oxygen atoms in total. The number of anilines is 1. The molecule has 0 unspecified atom stereocenters. The van der Waals surface area contributed by atoms with Crippen LogP contribution in [0.4, 0.5) is 5.69 Å². The van der Waals surface area contributed by atoms with Crippen LogP contribution in [-0.2, 0) is 16.1 Å². The molecule has 2 amide bonds. The lowest BCUT2D eigenvalue weighted by atomic mass is 10.1. The number of hydrogen-bond donors (Lipinski definition) is 3. The van der Waals surface area contributed by atoms with Crippen LogP contribution in [0.5, 0.6) is 5.75 Å². The highest BCUT2D eigenvalue weighted by molar-refractivity contribution is 7.73. The van der Waals surface area contributed by atoms with Crippen molar-refractivity contribution in [1.29, 1.82) is 0 Å². The van der Waals surface area contributed by atoms with Crippen molar-refractivity contribution in [3.63, 3.8) is 0 Å². The molecule has 30 heavy (non-hydrogen) atoms. The molecule has 0 aliphatic rings. The number of thiazole rings is 1. The van der Waals surface area contributed by atoms with Crippen LogP contribution in [0.15, 0.2) is 53.9 Å². The number of rotatable bonds is 7. The highest BCUT2D eigenvalue weighted by atomic mass is 32.1. The molecule has 156 valence electrons. The number of methoxy groups -OCH3 is 1. The Kier molecular flexibility index (Phi) is 7.21. The van der Waals surface area contributed by atoms with Gasteiger partial charge in [-0.3, -0.25) is 20.4 Å². The number of nitrogens with one attached hydrogen (secondary N) is 3. The summed E-state index contributed by atoms with van der Waals surface area (Å²) in [6.07, 6.45) is 0. The minimum atomic E-state index is -0.387. The number of nitrogens with zero attached hydrogens (tertiary/aromatic N) is 1. The molecule has 0 saturated heterocycles. The minimum Gasteiger partial charge on any atom is -0.495 e. The minimum absolute atomic E-state index is 0.00571. The fourth-order valence-corrected chi connectivity index (χ4v) is 3.84. The summed E-state index contributed by atoms with van der Waals surface area (Å²) in [7, 11) is 1.56. The van der Waals surface area contributed by atoms with Gasteiger partial charge in [0.05, 0.1) is 25.0 Å². The Morgan fingerprint density at radius 2 is 1.77 bits per heavy atom. The molecule has 0 atom stereocenters. The van der Waals surface area contributed by atoms with E-state index in [1.54, 1.807) is 23.8 Å². The van der Waals surface area contributed by atoms with E-state index in [9.17, 15) is 9.59 Å². The van der Waals surface area contributed by atoms with Gasteiger partial charge in [0, 0.05) is 5.38 Å². The molecule has 3 N–H and O–H groups in total. The second-order valence-electron chi connectivity index (χ2n) is 6.49. The summed E-state index contributed by atoms with van der Waals surface area (Å²) in [6.45, 7) is 2.00. The number of amides is 2. The monoisotopic (exact) mass is 442 g/mol. The van der Waals surface area contributed by atoms with Crippen LogP contribution >= 0.6 is 23.6 Å². The van der Waals surface area contributed by atoms with E-state index >= 15 is 0 Å². The van der Waals surface area contributed by atoms with Gasteiger partial charge in [-0.2, -0.15) is 0 Å². The predicted octanol–water partition coefficient (Wildman–Crippen LogP) is 3.52. The first-order chi connectivity index (χ1) is 14.5. The molecular formula is C21H22N4O3S2. The summed E-state index contributed by atoms with van der Waals surface area (Å²) in [5, 5.41) is 4.90. The summed E-state index contributed by atoms with van der Waals surface area (Å²) in [4.78, 5) is 24.4. The van der Waals surface area contributed by atoms with Crippen molar-refractivity contribution in [2.45, 2.75) is 13.5 Å². The first-order valence-corrected chi connectivity index (χ1v) is 10.5. The molecule has 0 spiro atoms. The molecule has 1 heterocycles. The van der Waals surface area contributed by atoms with E-state index in [1.165, 1.54) is 11.3 Å². The van der Waals surface area contributed by atoms with Gasteiger partial charge in [-0.15, -0.1) is 11.3 Å². The quantitative estimate of drug-likeness (QED) is 0.385. The molecule has 3 rings (SSSR count). The second kappa shape index (κ2) is 10.0. The van der Waals surface area contributed by atoms with Gasteiger partial charge < -0.3 is 14.6 Å². The lowest BCUT2D eigenvalue weighted by Crippen LogP contribution is -2.45. The third kappa shape index (κ3) is 5.46. The fourth-order valence-electron chi connectivity index (χ4n) is 2.76. The van der Waals surface area contributed by atoms with Gasteiger partial charge in [0.2, 0.25) is 0 Å². The highest BCUT2D eigenvalue weighted by Gasteiger charge is 2.12. The van der Waals surface area contributed by atoms with Crippen LogP contribution in [0.3, 0.4) is 0 Å². The van der Waals surface area contributed by atoms with E-state index in [0.717, 1.165) is 16.8 Å². The lowest BCUT2D eigenvalue weighted by Gasteiger charge is -2.12. The average Bonchev–Trinajstić information content (AvgIpc) is 3.11. The zero-order chi connectivity index (χ0) is 21.5. The van der Waals surface area contributed by atoms with E-state index in [1.807, 2.05) is 48.7 Å². The van der Waals surface area contributed by atoms with E-state index in [-0.39, 0.29) is 24.9 Å². The SMILES string of the molecule is COc1ccccc1NCC(=O)NNC(=O)Cn1c(-c2ccc(C)cc2)csc1=S. The standard InChI is InChI=1S/C21H22N4O3S2/c1-14-7-9-15(10-8-14)17-13-30-21(29)25(17)12-20(27)24-23-19(26)11-22-16-5-3-4-6-18(16)28-2/h3-10,13,22H,11-12H2,1-2H3,(H,23,26)(H,24,27). The number of aryl methyl sites for hydroxylation is 1. The number of carbonyl (C=O) groups excluding carboxylic acids is 2. The zero-order valence-corrected chi connectivity index (χ0v) is 18.2. The third-order valence-corrected chi connectivity index (χ3v) is 5.59. The highest BCUT2D eigenvalue weighted by Crippen LogP contribution is 2.24. The molecule has 0 saturated carbocycles. The fraction of sp³-hybridized carbons (Fsp3) is 0.190. The van der Waals surface area contributed by atoms with Gasteiger partial charge in [0.1, 0.15) is 12.3 Å². The Bertz CT molecular complexity index is 1090. The Balaban J connectivity index is 1.55. The summed E-state index contributed by atoms with van der Waals surface area (Å²) in [6, 6.07) is 15.3. The van der Waals surface area contributed by atoms with E-state index in [0.29, 0.717) is 15.4 Å². The lowest BCUT2D eigenvalue weighted by molar-refractivity contribution is -0.128. The van der Waals surface area contributed by atoms with E-state index in [4.69, 9.17) is 17.0 Å². The van der Waals surface area contributed by atoms with Crippen LogP contribution in [-0.4, -0.2) is 30.0 Å². The maximum absolute atomic E-state index is 12.4. The smallest absolute Gasteiger partial charge is 0.258 e. The predicted molar refractivity (Wildman–Crippen MR) is 121 cm³/mol. The third-order valence-electron chi connectivity index (χ3n) is 4.32. The van der Waals surface area contributed by atoms with Crippen molar-refractivity contribution in [3.05, 3.63) is 63.4 Å². The van der Waals surface area contributed by atoms with Crippen LogP contribution in [0.1, 0.15) is 5.56 Å². The average molecular weight is 443 g/mol. The molecule has 0 aliphatic carbocycles. The van der Waals surface area contributed by atoms with Gasteiger partial charge in [0.25, 0.3) is 11.8 Å². The van der Waals surface area contributed by atoms with Crippen molar-refractivity contribution in [3.8, 4) is 17.0 Å². The van der Waals surface area contributed by atoms with E-state index < -0.39 is 0 Å². The molecule has 3 aromatic rings. The summed E-state index contributed by atoms with van der Waals surface area (Å²) >= 11 is 6.76. The first-order valence-electron chi connectivity index (χ1n) is 9.18. The maximum atomic E-state index is 12.4. The topological polar surface area (TPSA) is 84.4 Å². The number of para-hydroxylation sites is 2. The van der Waals surface area contributed by atoms with Crippen molar-refractivity contribution >= 4 is 41.1 Å². The van der Waals surface area contributed by atoms with Crippen molar-refractivity contribution in [2.24, 2.45) is 0 Å². The Labute approximate surface area is 183 Å². The summed E-state index contributed by atoms with van der Waals surface area (Å²) in [5.41, 5.74) is 8.52. The number of benzene rings is 2. The molecule has 1 aromatic heterocycles. The van der Waals surface area contributed by atoms with Gasteiger partial charge in [-0.1, -0.05) is 42.0 Å². The number of ether oxygens (including phenoxy) is 1. The number of carbonyl (C=O) groups is 2. The van der Waals surface area contributed by atoms with Gasteiger partial charge in [-0.25, -0.2) is 0 Å². The second-order valence-corrected chi connectivity index (χ2v) is 7.99. The van der Waals surface area contributed by atoms with Crippen LogP contribution < -0.4 is 20.9 Å². The van der Waals surface area contributed by atoms with Gasteiger partial charge >= 0.3 is 0 Å². The van der Waals surface area contributed by atoms with Crippen LogP contribution in [0.2, 0.25) is 0 Å². The number of hydrazine groups is 1. The van der Waals surface area contributed by atoms with E-state index in [2.05, 4.69) is 16.2 Å². The molecule has 0 fully saturated rings. The van der Waals surface area contributed by atoms with Gasteiger partial charge in [0.15, 0.2) is 3.95 Å². The van der Waals surface area contributed by atoms with Crippen LogP contribution in [0, 0.1) is 10.9 Å². The molecule has 0 radical (unpaired) electrons. The largest absolute Gasteiger partial charge is 0.495 e. The number of hydrogen-bond acceptors (Lipinski definition) is 6. The zero-order valence-electron chi connectivity index (χ0n) is 16.6. The van der Waals surface area contributed by atoms with Crippen LogP contribution in [0.25, 0.3) is 11.3 Å². The first kappa shape index (κ1) is 21.5. The Morgan fingerprint density at radius 1 is 1.07 bits per heavy atom. The molecule has 0 aliphatic heterocycles. The van der Waals surface area contributed by atoms with Gasteiger partial charge in [-0.05, 0) is 36.8 Å². The molecule has 2 aromatic carbocycles. The summed E-state index contributed by atoms with van der Waals surface area (Å²) < 4.78 is 7.56. The molecule has 9 heteroatoms. The molecular weight excluding hydrogens is 420 g/mol. The van der Waals surface area contributed by atoms with Crippen molar-refractivity contribution < 1.29 is 14.3 Å². The maximum Gasteiger partial charge on any atom is 0.258 e. The van der Waals surface area contributed by atoms with Crippen molar-refractivity contribution in [1.82, 2.24) is 15.4 Å². The summed E-state index contributed by atoms with van der Waals surface area (Å²) in [5.74, 6) is -0.129. The van der Waals surface area contributed by atoms with Crippen molar-refractivity contribution in [2.75, 3.05) is 19.0 Å². The molecule has 0 bridgehead atoms. The normalized spacial score (nSPS) is 10.3. The Hall–Kier alpha value is -3.17. The Morgan fingerprint density at radius 3 is 2.50 bits per heavy atom.